The zero-order chi connectivity index (χ0) is 21.4. The molecule has 2 heterocycles. The normalized spacial score (nSPS) is 15.0. The highest BCUT2D eigenvalue weighted by Gasteiger charge is 2.29. The predicted molar refractivity (Wildman–Crippen MR) is 114 cm³/mol. The first-order chi connectivity index (χ1) is 15.1. The third-order valence-electron chi connectivity index (χ3n) is 5.42. The molecule has 3 aromatic rings. The molecule has 0 N–H and O–H groups in total. The van der Waals surface area contributed by atoms with E-state index in [1.165, 1.54) is 46.5 Å². The van der Waals surface area contributed by atoms with Crippen molar-refractivity contribution < 1.29 is 14.5 Å². The Bertz CT molecular complexity index is 1180. The first-order valence-electron chi connectivity index (χ1n) is 9.94. The van der Waals surface area contributed by atoms with E-state index in [1.807, 2.05) is 6.07 Å². The van der Waals surface area contributed by atoms with Gasteiger partial charge in [0.15, 0.2) is 5.82 Å². The van der Waals surface area contributed by atoms with Crippen LogP contribution in [-0.2, 0) is 30.8 Å². The van der Waals surface area contributed by atoms with Crippen LogP contribution in [0.1, 0.15) is 28.9 Å². The van der Waals surface area contributed by atoms with Crippen LogP contribution in [0.2, 0.25) is 0 Å². The zero-order valence-corrected chi connectivity index (χ0v) is 17.4. The summed E-state index contributed by atoms with van der Waals surface area (Å²) in [6, 6.07) is 12.4. The summed E-state index contributed by atoms with van der Waals surface area (Å²) in [7, 11) is 0. The molecule has 0 unspecified atom stereocenters. The van der Waals surface area contributed by atoms with E-state index < -0.39 is 4.92 Å². The van der Waals surface area contributed by atoms with Crippen molar-refractivity contribution in [2.24, 2.45) is 0 Å². The third-order valence-corrected chi connectivity index (χ3v) is 6.33. The molecule has 0 spiro atoms. The Morgan fingerprint density at radius 1 is 1.13 bits per heavy atom. The highest BCUT2D eigenvalue weighted by molar-refractivity contribution is 7.99. The monoisotopic (exact) mass is 437 g/mol. The van der Waals surface area contributed by atoms with Crippen LogP contribution in [0.3, 0.4) is 0 Å². The predicted octanol–water partition coefficient (Wildman–Crippen LogP) is 3.02. The van der Waals surface area contributed by atoms with E-state index in [0.29, 0.717) is 16.5 Å². The maximum atomic E-state index is 12.7. The molecule has 5 rings (SSSR count). The average molecular weight is 437 g/mol. The van der Waals surface area contributed by atoms with Crippen LogP contribution >= 0.6 is 11.8 Å². The molecule has 1 aliphatic carbocycles. The second-order valence-corrected chi connectivity index (χ2v) is 8.39. The summed E-state index contributed by atoms with van der Waals surface area (Å²) >= 11 is 1.31. The molecule has 0 fully saturated rings. The number of nitro groups is 1. The van der Waals surface area contributed by atoms with Crippen molar-refractivity contribution in [3.8, 4) is 5.75 Å². The number of aryl methyl sites for hydroxylation is 2. The number of nitrogens with zero attached hydrogens (tertiary/aromatic N) is 5. The van der Waals surface area contributed by atoms with Gasteiger partial charge in [-0.25, -0.2) is 9.69 Å². The highest BCUT2D eigenvalue weighted by Crippen LogP contribution is 2.28. The molecule has 0 radical (unpaired) electrons. The molecule has 1 amide bonds. The largest absolute Gasteiger partial charge is 0.486 e. The molecule has 1 aromatic heterocycles. The van der Waals surface area contributed by atoms with E-state index in [9.17, 15) is 14.9 Å². The SMILES string of the molecule is O=C1CSc2nnc(COc3ccc4c(c3)CCC4)n2N1Cc1cccc([N+](=O)[O-])c1. The summed E-state index contributed by atoms with van der Waals surface area (Å²) < 4.78 is 7.62. The molecule has 10 heteroatoms. The van der Waals surface area contributed by atoms with Crippen molar-refractivity contribution in [1.29, 1.82) is 0 Å². The molecular formula is C21H19N5O4S. The molecule has 0 atom stereocenters. The van der Waals surface area contributed by atoms with E-state index in [1.54, 1.807) is 16.8 Å². The number of thioether (sulfide) groups is 1. The van der Waals surface area contributed by atoms with Gasteiger partial charge in [0.05, 0.1) is 17.2 Å². The number of non-ortho nitro benzene ring substituents is 1. The molecule has 0 saturated carbocycles. The minimum Gasteiger partial charge on any atom is -0.486 e. The second-order valence-electron chi connectivity index (χ2n) is 7.45. The van der Waals surface area contributed by atoms with E-state index in [-0.39, 0.29) is 30.5 Å². The minimum absolute atomic E-state index is 0.0134. The Hall–Kier alpha value is -3.40. The number of aromatic nitrogens is 3. The maximum Gasteiger partial charge on any atom is 0.269 e. The lowest BCUT2D eigenvalue weighted by Gasteiger charge is -2.29. The number of nitro benzene ring substituents is 1. The van der Waals surface area contributed by atoms with E-state index in [2.05, 4.69) is 22.3 Å². The van der Waals surface area contributed by atoms with Crippen LogP contribution in [0, 0.1) is 10.1 Å². The van der Waals surface area contributed by atoms with Crippen molar-refractivity contribution in [2.45, 2.75) is 37.6 Å². The number of ether oxygens (including phenoxy) is 1. The van der Waals surface area contributed by atoms with Gasteiger partial charge in [-0.15, -0.1) is 10.2 Å². The van der Waals surface area contributed by atoms with Gasteiger partial charge in [0.2, 0.25) is 5.16 Å². The topological polar surface area (TPSA) is 103 Å². The minimum atomic E-state index is -0.447. The maximum absolute atomic E-state index is 12.7. The first kappa shape index (κ1) is 19.6. The lowest BCUT2D eigenvalue weighted by atomic mass is 10.1. The van der Waals surface area contributed by atoms with Gasteiger partial charge in [0.1, 0.15) is 12.4 Å². The number of hydrogen-bond donors (Lipinski definition) is 0. The quantitative estimate of drug-likeness (QED) is 0.431. The number of benzene rings is 2. The molecule has 9 nitrogen and oxygen atoms in total. The van der Waals surface area contributed by atoms with Gasteiger partial charge in [-0.3, -0.25) is 14.9 Å². The van der Waals surface area contributed by atoms with Crippen LogP contribution in [-0.4, -0.2) is 31.5 Å². The lowest BCUT2D eigenvalue weighted by Crippen LogP contribution is -2.45. The summed E-state index contributed by atoms with van der Waals surface area (Å²) in [4.78, 5) is 23.3. The number of carbonyl (C=O) groups is 1. The van der Waals surface area contributed by atoms with Gasteiger partial charge in [0.25, 0.3) is 11.6 Å². The molecule has 2 aromatic carbocycles. The first-order valence-corrected chi connectivity index (χ1v) is 10.9. The summed E-state index contributed by atoms with van der Waals surface area (Å²) in [5, 5.41) is 21.6. The third kappa shape index (κ3) is 3.86. The number of amides is 1. The Morgan fingerprint density at radius 3 is 2.87 bits per heavy atom. The fourth-order valence-electron chi connectivity index (χ4n) is 3.92. The zero-order valence-electron chi connectivity index (χ0n) is 16.6. The van der Waals surface area contributed by atoms with Crippen molar-refractivity contribution in [1.82, 2.24) is 14.9 Å². The van der Waals surface area contributed by atoms with Crippen LogP contribution in [0.15, 0.2) is 47.6 Å². The van der Waals surface area contributed by atoms with Crippen LogP contribution in [0.25, 0.3) is 0 Å². The summed E-state index contributed by atoms with van der Waals surface area (Å²) in [6.07, 6.45) is 3.34. The van der Waals surface area contributed by atoms with Crippen molar-refractivity contribution in [3.63, 3.8) is 0 Å². The highest BCUT2D eigenvalue weighted by atomic mass is 32.2. The van der Waals surface area contributed by atoms with Crippen LogP contribution < -0.4 is 9.75 Å². The van der Waals surface area contributed by atoms with Crippen molar-refractivity contribution in [3.05, 3.63) is 75.1 Å². The summed E-state index contributed by atoms with van der Waals surface area (Å²) in [5.41, 5.74) is 3.33. The van der Waals surface area contributed by atoms with Crippen LogP contribution in [0.4, 0.5) is 5.69 Å². The van der Waals surface area contributed by atoms with Gasteiger partial charge in [-0.2, -0.15) is 0 Å². The summed E-state index contributed by atoms with van der Waals surface area (Å²) in [6.45, 7) is 0.336. The lowest BCUT2D eigenvalue weighted by molar-refractivity contribution is -0.384. The molecule has 31 heavy (non-hydrogen) atoms. The fourth-order valence-corrected chi connectivity index (χ4v) is 4.74. The smallest absolute Gasteiger partial charge is 0.269 e. The van der Waals surface area contributed by atoms with Crippen molar-refractivity contribution in [2.75, 3.05) is 10.8 Å². The summed E-state index contributed by atoms with van der Waals surface area (Å²) in [5.74, 6) is 1.38. The van der Waals surface area contributed by atoms with Gasteiger partial charge in [0, 0.05) is 12.1 Å². The molecule has 0 bridgehead atoms. The van der Waals surface area contributed by atoms with Gasteiger partial charge in [-0.05, 0) is 48.1 Å². The van der Waals surface area contributed by atoms with Gasteiger partial charge < -0.3 is 4.74 Å². The van der Waals surface area contributed by atoms with Gasteiger partial charge >= 0.3 is 0 Å². The molecular weight excluding hydrogens is 418 g/mol. The van der Waals surface area contributed by atoms with E-state index >= 15 is 0 Å². The average Bonchev–Trinajstić information content (AvgIpc) is 3.41. The number of fused-ring (bicyclic) bond motifs is 2. The number of rotatable bonds is 6. The van der Waals surface area contributed by atoms with Gasteiger partial charge in [-0.1, -0.05) is 30.0 Å². The fraction of sp³-hybridized carbons (Fsp3) is 0.286. The second kappa shape index (κ2) is 8.03. The standard InChI is InChI=1S/C21H19N5O4S/c27-20-13-31-21-23-22-19(12-30-18-8-7-15-4-2-5-16(15)10-18)25(21)24(20)11-14-3-1-6-17(9-14)26(28)29/h1,3,6-10H,2,4-5,11-13H2. The molecule has 1 aliphatic heterocycles. The molecule has 158 valence electrons. The Kier molecular flexibility index (Phi) is 5.06. The molecule has 0 saturated heterocycles. The Balaban J connectivity index is 1.38. The van der Waals surface area contributed by atoms with E-state index in [0.717, 1.165) is 18.6 Å². The van der Waals surface area contributed by atoms with Crippen LogP contribution in [0.5, 0.6) is 5.75 Å². The molecule has 2 aliphatic rings. The van der Waals surface area contributed by atoms with E-state index in [4.69, 9.17) is 4.74 Å². The Labute approximate surface area is 182 Å². The number of carbonyl (C=O) groups excluding carboxylic acids is 1. The Morgan fingerprint density at radius 2 is 2.00 bits per heavy atom. The number of hydrogen-bond acceptors (Lipinski definition) is 7. The van der Waals surface area contributed by atoms with Crippen molar-refractivity contribution >= 4 is 23.4 Å².